The summed E-state index contributed by atoms with van der Waals surface area (Å²) in [6.45, 7) is 7.90. The lowest BCUT2D eigenvalue weighted by molar-refractivity contribution is 1.40. The van der Waals surface area contributed by atoms with Crippen LogP contribution in [0.15, 0.2) is 34.3 Å². The van der Waals surface area contributed by atoms with E-state index in [-0.39, 0.29) is 0 Å². The molecule has 0 spiro atoms. The van der Waals surface area contributed by atoms with E-state index in [1.54, 1.807) is 12.6 Å². The fourth-order valence-electron chi connectivity index (χ4n) is 0.870. The molecular formula is C12H18N2. The van der Waals surface area contributed by atoms with Gasteiger partial charge in [-0.2, -0.15) is 0 Å². The third-order valence-electron chi connectivity index (χ3n) is 1.53. The lowest BCUT2D eigenvalue weighted by Gasteiger charge is -1.95. The Morgan fingerprint density at radius 1 is 1.14 bits per heavy atom. The van der Waals surface area contributed by atoms with Crippen LogP contribution in [0.5, 0.6) is 0 Å². The summed E-state index contributed by atoms with van der Waals surface area (Å²) in [6, 6.07) is 7.96. The summed E-state index contributed by atoms with van der Waals surface area (Å²) >= 11 is 0. The van der Waals surface area contributed by atoms with Gasteiger partial charge in [-0.15, -0.1) is 0 Å². The predicted octanol–water partition coefficient (Wildman–Crippen LogP) is 3.77. The fourth-order valence-corrected chi connectivity index (χ4v) is 0.870. The quantitative estimate of drug-likeness (QED) is 0.501. The van der Waals surface area contributed by atoms with Crippen molar-refractivity contribution < 1.29 is 0 Å². The van der Waals surface area contributed by atoms with Crippen molar-refractivity contribution in [2.24, 2.45) is 9.98 Å². The number of aryl methyl sites for hydroxylation is 1. The molecular weight excluding hydrogens is 172 g/mol. The zero-order chi connectivity index (χ0) is 10.8. The van der Waals surface area contributed by atoms with Gasteiger partial charge in [0, 0.05) is 6.21 Å². The maximum atomic E-state index is 4.17. The summed E-state index contributed by atoms with van der Waals surface area (Å²) < 4.78 is 0. The van der Waals surface area contributed by atoms with Gasteiger partial charge in [-0.1, -0.05) is 32.0 Å². The highest BCUT2D eigenvalue weighted by Crippen LogP contribution is 2.15. The second-order valence-corrected chi connectivity index (χ2v) is 2.44. The highest BCUT2D eigenvalue weighted by Gasteiger charge is 1.89. The zero-order valence-electron chi connectivity index (χ0n) is 9.36. The Labute approximate surface area is 86.4 Å². The first kappa shape index (κ1) is 12.6. The second-order valence-electron chi connectivity index (χ2n) is 2.44. The molecule has 0 aliphatic carbocycles. The lowest BCUT2D eigenvalue weighted by atomic mass is 10.2. The van der Waals surface area contributed by atoms with Crippen molar-refractivity contribution in [3.8, 4) is 0 Å². The molecule has 14 heavy (non-hydrogen) atoms. The van der Waals surface area contributed by atoms with Gasteiger partial charge < -0.3 is 0 Å². The normalized spacial score (nSPS) is 10.3. The molecule has 0 aliphatic heterocycles. The van der Waals surface area contributed by atoms with E-state index in [9.17, 15) is 0 Å². The van der Waals surface area contributed by atoms with E-state index >= 15 is 0 Å². The molecule has 0 bridgehead atoms. The molecule has 76 valence electrons. The standard InChI is InChI=1S/C10H12N2.C2H6/c1-3-11-8-12-10-7-5-4-6-9(10)2;1-2/h3-8H,1-2H3;1-2H3. The molecule has 2 nitrogen and oxygen atoms in total. The van der Waals surface area contributed by atoms with E-state index in [2.05, 4.69) is 9.98 Å². The Hall–Kier alpha value is -1.44. The number of rotatable bonds is 2. The third kappa shape index (κ3) is 4.55. The van der Waals surface area contributed by atoms with Crippen LogP contribution < -0.4 is 0 Å². The molecule has 0 aliphatic rings. The van der Waals surface area contributed by atoms with E-state index in [1.807, 2.05) is 52.0 Å². The maximum Gasteiger partial charge on any atom is 0.115 e. The van der Waals surface area contributed by atoms with Crippen LogP contribution in [0.1, 0.15) is 26.3 Å². The van der Waals surface area contributed by atoms with E-state index in [4.69, 9.17) is 0 Å². The van der Waals surface area contributed by atoms with Crippen molar-refractivity contribution in [2.75, 3.05) is 0 Å². The number of benzene rings is 1. The molecule has 1 rings (SSSR count). The van der Waals surface area contributed by atoms with Crippen LogP contribution in [0, 0.1) is 6.92 Å². The van der Waals surface area contributed by atoms with Gasteiger partial charge in [-0.25, -0.2) is 9.98 Å². The molecule has 0 unspecified atom stereocenters. The van der Waals surface area contributed by atoms with Gasteiger partial charge in [0.15, 0.2) is 0 Å². The second kappa shape index (κ2) is 8.17. The molecule has 0 heterocycles. The van der Waals surface area contributed by atoms with Crippen LogP contribution in [0.4, 0.5) is 5.69 Å². The topological polar surface area (TPSA) is 24.7 Å². The molecule has 0 aromatic heterocycles. The lowest BCUT2D eigenvalue weighted by Crippen LogP contribution is -1.73. The molecule has 1 aromatic carbocycles. The summed E-state index contributed by atoms with van der Waals surface area (Å²) in [5.41, 5.74) is 2.14. The molecule has 0 atom stereocenters. The molecule has 0 saturated carbocycles. The minimum Gasteiger partial charge on any atom is -0.250 e. The summed E-state index contributed by atoms with van der Waals surface area (Å²) in [5, 5.41) is 0. The number of hydrogen-bond acceptors (Lipinski definition) is 1. The largest absolute Gasteiger partial charge is 0.250 e. The van der Waals surface area contributed by atoms with Crippen LogP contribution in [-0.2, 0) is 0 Å². The van der Waals surface area contributed by atoms with Crippen molar-refractivity contribution >= 4 is 18.2 Å². The first-order valence-electron chi connectivity index (χ1n) is 4.90. The minimum atomic E-state index is 0.975. The Morgan fingerprint density at radius 2 is 1.79 bits per heavy atom. The smallest absolute Gasteiger partial charge is 0.115 e. The summed E-state index contributed by atoms with van der Waals surface area (Å²) in [6.07, 6.45) is 3.27. The van der Waals surface area contributed by atoms with Crippen LogP contribution in [-0.4, -0.2) is 12.6 Å². The average Bonchev–Trinajstić information content (AvgIpc) is 2.24. The van der Waals surface area contributed by atoms with Gasteiger partial charge in [0.2, 0.25) is 0 Å². The van der Waals surface area contributed by atoms with Gasteiger partial charge in [0.05, 0.1) is 5.69 Å². The Bertz CT molecular complexity index is 301. The monoisotopic (exact) mass is 190 g/mol. The summed E-state index contributed by atoms with van der Waals surface area (Å²) in [5.74, 6) is 0. The number of hydrogen-bond donors (Lipinski definition) is 0. The van der Waals surface area contributed by atoms with E-state index < -0.39 is 0 Å². The molecule has 0 N–H and O–H groups in total. The molecule has 0 radical (unpaired) electrons. The van der Waals surface area contributed by atoms with Crippen LogP contribution in [0.3, 0.4) is 0 Å². The van der Waals surface area contributed by atoms with E-state index in [0.717, 1.165) is 5.69 Å². The predicted molar refractivity (Wildman–Crippen MR) is 64.8 cm³/mol. The van der Waals surface area contributed by atoms with Gasteiger partial charge in [-0.3, -0.25) is 0 Å². The highest BCUT2D eigenvalue weighted by molar-refractivity contribution is 5.73. The van der Waals surface area contributed by atoms with Gasteiger partial charge >= 0.3 is 0 Å². The van der Waals surface area contributed by atoms with Gasteiger partial charge in [0.25, 0.3) is 0 Å². The SMILES string of the molecule is CC.CC=NC=Nc1ccccc1C. The van der Waals surface area contributed by atoms with Gasteiger partial charge in [-0.05, 0) is 25.5 Å². The first-order valence-corrected chi connectivity index (χ1v) is 4.90. The number of nitrogens with zero attached hydrogens (tertiary/aromatic N) is 2. The molecule has 1 aromatic rings. The van der Waals surface area contributed by atoms with Gasteiger partial charge in [0.1, 0.15) is 6.34 Å². The van der Waals surface area contributed by atoms with Crippen LogP contribution >= 0.6 is 0 Å². The number of para-hydroxylation sites is 1. The van der Waals surface area contributed by atoms with E-state index in [0.29, 0.717) is 0 Å². The molecule has 0 amide bonds. The Morgan fingerprint density at radius 3 is 2.36 bits per heavy atom. The van der Waals surface area contributed by atoms with Crippen LogP contribution in [0.25, 0.3) is 0 Å². The minimum absolute atomic E-state index is 0.975. The Balaban J connectivity index is 0.000000791. The van der Waals surface area contributed by atoms with Crippen molar-refractivity contribution in [2.45, 2.75) is 27.7 Å². The maximum absolute atomic E-state index is 4.17. The van der Waals surface area contributed by atoms with Crippen LogP contribution in [0.2, 0.25) is 0 Å². The van der Waals surface area contributed by atoms with Crippen molar-refractivity contribution in [1.82, 2.24) is 0 Å². The first-order chi connectivity index (χ1) is 6.84. The summed E-state index contributed by atoms with van der Waals surface area (Å²) in [4.78, 5) is 8.06. The Kier molecular flexibility index (Phi) is 7.33. The molecule has 0 fully saturated rings. The van der Waals surface area contributed by atoms with Crippen molar-refractivity contribution in [3.05, 3.63) is 29.8 Å². The zero-order valence-corrected chi connectivity index (χ0v) is 9.36. The van der Waals surface area contributed by atoms with E-state index in [1.165, 1.54) is 5.56 Å². The molecule has 2 heteroatoms. The summed E-state index contributed by atoms with van der Waals surface area (Å²) in [7, 11) is 0. The highest BCUT2D eigenvalue weighted by atomic mass is 14.8. The molecule has 0 saturated heterocycles. The van der Waals surface area contributed by atoms with Crippen molar-refractivity contribution in [3.63, 3.8) is 0 Å². The number of aliphatic imine (C=N–C) groups is 2. The third-order valence-corrected chi connectivity index (χ3v) is 1.53. The average molecular weight is 190 g/mol. The fraction of sp³-hybridized carbons (Fsp3) is 0.333. The van der Waals surface area contributed by atoms with Crippen molar-refractivity contribution in [1.29, 1.82) is 0 Å².